The molecule has 11 heteroatoms. The molecule has 3 saturated heterocycles. The highest BCUT2D eigenvalue weighted by Crippen LogP contribution is 2.35. The van der Waals surface area contributed by atoms with E-state index >= 15 is 0 Å². The Labute approximate surface area is 171 Å². The van der Waals surface area contributed by atoms with Gasteiger partial charge in [-0.1, -0.05) is 30.3 Å². The molecule has 3 fully saturated rings. The summed E-state index contributed by atoms with van der Waals surface area (Å²) in [5, 5.41) is 60.2. The Morgan fingerprint density at radius 3 is 2.30 bits per heavy atom. The number of benzene rings is 1. The molecule has 11 nitrogen and oxygen atoms in total. The highest BCUT2D eigenvalue weighted by molar-refractivity contribution is 5.16. The second-order valence-corrected chi connectivity index (χ2v) is 7.53. The topological polar surface area (TPSA) is 168 Å². The summed E-state index contributed by atoms with van der Waals surface area (Å²) < 4.78 is 27.7. The largest absolute Gasteiger partial charge is 0.394 e. The average molecular weight is 430 g/mol. The lowest BCUT2D eigenvalue weighted by Gasteiger charge is -2.48. The number of aliphatic hydroxyl groups excluding tert-OH is 6. The van der Waals surface area contributed by atoms with E-state index in [0.717, 1.165) is 5.56 Å². The quantitative estimate of drug-likeness (QED) is 0.295. The molecule has 11 atom stereocenters. The van der Waals surface area contributed by atoms with Gasteiger partial charge in [0.2, 0.25) is 0 Å². The van der Waals surface area contributed by atoms with Crippen LogP contribution in [0.25, 0.3) is 0 Å². The van der Waals surface area contributed by atoms with E-state index in [4.69, 9.17) is 23.7 Å². The maximum atomic E-state index is 10.6. The fourth-order valence-corrected chi connectivity index (χ4v) is 3.86. The van der Waals surface area contributed by atoms with Crippen LogP contribution in [-0.4, -0.2) is 105 Å². The minimum absolute atomic E-state index is 0.0440. The summed E-state index contributed by atoms with van der Waals surface area (Å²) in [6.07, 6.45) is -14.3. The molecule has 3 aliphatic rings. The molecule has 0 spiro atoms. The first-order chi connectivity index (χ1) is 14.4. The van der Waals surface area contributed by atoms with Crippen LogP contribution in [0.4, 0.5) is 0 Å². The first-order valence-electron chi connectivity index (χ1n) is 9.70. The van der Waals surface area contributed by atoms with Gasteiger partial charge in [0.15, 0.2) is 18.9 Å². The molecule has 0 radical (unpaired) electrons. The summed E-state index contributed by atoms with van der Waals surface area (Å²) in [5.74, 6) is 0. The highest BCUT2D eigenvalue weighted by Gasteiger charge is 2.52. The zero-order valence-electron chi connectivity index (χ0n) is 15.9. The van der Waals surface area contributed by atoms with E-state index in [2.05, 4.69) is 0 Å². The van der Waals surface area contributed by atoms with Crippen molar-refractivity contribution in [2.24, 2.45) is 0 Å². The minimum atomic E-state index is -1.71. The fraction of sp³-hybridized carbons (Fsp3) is 0.684. The van der Waals surface area contributed by atoms with Gasteiger partial charge in [-0.25, -0.2) is 0 Å². The van der Waals surface area contributed by atoms with E-state index in [9.17, 15) is 30.6 Å². The Morgan fingerprint density at radius 1 is 0.867 bits per heavy atom. The summed E-state index contributed by atoms with van der Waals surface area (Å²) in [5.41, 5.74) is 0.747. The van der Waals surface area contributed by atoms with Crippen molar-refractivity contribution >= 4 is 0 Å². The molecule has 1 aromatic carbocycles. The summed E-state index contributed by atoms with van der Waals surface area (Å²) in [6.45, 7) is -0.587. The lowest BCUT2D eigenvalue weighted by molar-refractivity contribution is -0.384. The van der Waals surface area contributed by atoms with Crippen molar-refractivity contribution in [3.63, 3.8) is 0 Å². The fourth-order valence-electron chi connectivity index (χ4n) is 3.86. The number of hydrogen-bond acceptors (Lipinski definition) is 11. The van der Waals surface area contributed by atoms with Gasteiger partial charge in [-0.05, 0) is 0 Å². The van der Waals surface area contributed by atoms with Crippen molar-refractivity contribution in [3.8, 4) is 0 Å². The van der Waals surface area contributed by atoms with E-state index in [-0.39, 0.29) is 6.61 Å². The molecule has 0 aromatic heterocycles. The van der Waals surface area contributed by atoms with Gasteiger partial charge in [0.1, 0.15) is 48.8 Å². The van der Waals surface area contributed by atoms with Gasteiger partial charge in [0.05, 0.1) is 13.2 Å². The van der Waals surface area contributed by atoms with Crippen molar-refractivity contribution in [1.29, 1.82) is 0 Å². The second-order valence-electron chi connectivity index (χ2n) is 7.53. The van der Waals surface area contributed by atoms with Gasteiger partial charge in [-0.3, -0.25) is 0 Å². The number of ether oxygens (including phenoxy) is 5. The Hall–Kier alpha value is -1.22. The third-order valence-electron chi connectivity index (χ3n) is 5.54. The Morgan fingerprint density at radius 2 is 1.60 bits per heavy atom. The van der Waals surface area contributed by atoms with Gasteiger partial charge >= 0.3 is 0 Å². The zero-order valence-corrected chi connectivity index (χ0v) is 15.9. The molecule has 168 valence electrons. The van der Waals surface area contributed by atoms with E-state index in [0.29, 0.717) is 0 Å². The normalized spacial score (nSPS) is 46.9. The smallest absolute Gasteiger partial charge is 0.187 e. The molecule has 3 aliphatic heterocycles. The number of hydrogen-bond donors (Lipinski definition) is 6. The molecule has 0 saturated carbocycles. The van der Waals surface area contributed by atoms with Crippen molar-refractivity contribution in [2.45, 2.75) is 67.7 Å². The Bertz CT molecular complexity index is 686. The SMILES string of the molecule is OCC1O[C@@H](O)C(O)[C@@H](O)[C@@H]1O[C@H]1OC2COC(c3ccccc3)O[C@H]2[C@H](O)C1O. The van der Waals surface area contributed by atoms with Crippen LogP contribution in [0.1, 0.15) is 11.9 Å². The molecule has 5 unspecified atom stereocenters. The maximum Gasteiger partial charge on any atom is 0.187 e. The Balaban J connectivity index is 1.44. The predicted molar refractivity (Wildman–Crippen MR) is 95.5 cm³/mol. The standard InChI is InChI=1S/C19H26O11/c20-6-9-15(11(21)13(23)17(25)27-9)30-19-14(24)12(22)16-10(28-19)7-26-18(29-16)8-4-2-1-3-5-8/h1-5,9-25H,6-7H2/t9?,10?,11-,12-,13?,14?,15-,16-,17-,18?,19-/m1/s1. The van der Waals surface area contributed by atoms with Crippen LogP contribution >= 0.6 is 0 Å². The van der Waals surface area contributed by atoms with Crippen LogP contribution in [0.15, 0.2) is 30.3 Å². The molecular weight excluding hydrogens is 404 g/mol. The summed E-state index contributed by atoms with van der Waals surface area (Å²) in [7, 11) is 0. The van der Waals surface area contributed by atoms with E-state index in [1.54, 1.807) is 0 Å². The van der Waals surface area contributed by atoms with Crippen LogP contribution in [-0.2, 0) is 23.7 Å². The first-order valence-corrected chi connectivity index (χ1v) is 9.70. The average Bonchev–Trinajstić information content (AvgIpc) is 2.77. The molecule has 3 heterocycles. The van der Waals surface area contributed by atoms with E-state index < -0.39 is 74.3 Å². The Kier molecular flexibility index (Phi) is 6.67. The molecule has 0 aliphatic carbocycles. The number of fused-ring (bicyclic) bond motifs is 1. The van der Waals surface area contributed by atoms with Gasteiger partial charge in [0.25, 0.3) is 0 Å². The van der Waals surface area contributed by atoms with Gasteiger partial charge in [-0.2, -0.15) is 0 Å². The van der Waals surface area contributed by atoms with Crippen LogP contribution < -0.4 is 0 Å². The lowest BCUT2D eigenvalue weighted by Crippen LogP contribution is -2.65. The molecular formula is C19H26O11. The molecule has 4 rings (SSSR count). The maximum absolute atomic E-state index is 10.6. The molecule has 0 bridgehead atoms. The van der Waals surface area contributed by atoms with Gasteiger partial charge < -0.3 is 54.3 Å². The molecule has 30 heavy (non-hydrogen) atoms. The van der Waals surface area contributed by atoms with Crippen molar-refractivity contribution in [3.05, 3.63) is 35.9 Å². The monoisotopic (exact) mass is 430 g/mol. The number of rotatable bonds is 4. The van der Waals surface area contributed by atoms with Crippen molar-refractivity contribution in [1.82, 2.24) is 0 Å². The van der Waals surface area contributed by atoms with Crippen molar-refractivity contribution in [2.75, 3.05) is 13.2 Å². The molecule has 1 aromatic rings. The third-order valence-corrected chi connectivity index (χ3v) is 5.54. The van der Waals surface area contributed by atoms with E-state index in [1.807, 2.05) is 30.3 Å². The predicted octanol–water partition coefficient (Wildman–Crippen LogP) is -2.64. The number of aliphatic hydroxyl groups is 6. The summed E-state index contributed by atoms with van der Waals surface area (Å²) in [4.78, 5) is 0. The highest BCUT2D eigenvalue weighted by atomic mass is 16.8. The van der Waals surface area contributed by atoms with Crippen LogP contribution in [0.3, 0.4) is 0 Å². The lowest BCUT2D eigenvalue weighted by atomic mass is 9.96. The third kappa shape index (κ3) is 4.11. The van der Waals surface area contributed by atoms with Crippen LogP contribution in [0.2, 0.25) is 0 Å². The summed E-state index contributed by atoms with van der Waals surface area (Å²) >= 11 is 0. The minimum Gasteiger partial charge on any atom is -0.394 e. The van der Waals surface area contributed by atoms with E-state index in [1.165, 1.54) is 0 Å². The summed E-state index contributed by atoms with van der Waals surface area (Å²) in [6, 6.07) is 9.10. The molecule has 6 N–H and O–H groups in total. The second kappa shape index (κ2) is 9.10. The zero-order chi connectivity index (χ0) is 21.4. The molecule has 0 amide bonds. The van der Waals surface area contributed by atoms with Crippen LogP contribution in [0.5, 0.6) is 0 Å². The van der Waals surface area contributed by atoms with Gasteiger partial charge in [0, 0.05) is 5.56 Å². The van der Waals surface area contributed by atoms with Crippen molar-refractivity contribution < 1.29 is 54.3 Å². The van der Waals surface area contributed by atoms with Gasteiger partial charge in [-0.15, -0.1) is 0 Å². The first kappa shape index (κ1) is 22.0. The van der Waals surface area contributed by atoms with Crippen LogP contribution in [0, 0.1) is 0 Å².